The van der Waals surface area contributed by atoms with Gasteiger partial charge in [-0.15, -0.1) is 0 Å². The van der Waals surface area contributed by atoms with Crippen LogP contribution in [0.5, 0.6) is 0 Å². The van der Waals surface area contributed by atoms with Crippen molar-refractivity contribution in [2.24, 2.45) is 0 Å². The van der Waals surface area contributed by atoms with E-state index in [1.165, 1.54) is 12.1 Å². The number of rotatable bonds is 5. The predicted molar refractivity (Wildman–Crippen MR) is 74.2 cm³/mol. The van der Waals surface area contributed by atoms with E-state index in [2.05, 4.69) is 20.8 Å². The molecule has 3 nitrogen and oxygen atoms in total. The zero-order chi connectivity index (χ0) is 13.7. The Labute approximate surface area is 116 Å². The van der Waals surface area contributed by atoms with E-state index in [9.17, 15) is 9.18 Å². The van der Waals surface area contributed by atoms with E-state index in [1.54, 1.807) is 18.0 Å². The molecule has 0 N–H and O–H groups in total. The number of hydrogen-bond acceptors (Lipinski definition) is 2. The molecule has 0 saturated heterocycles. The first kappa shape index (κ1) is 15.1. The van der Waals surface area contributed by atoms with Gasteiger partial charge in [-0.05, 0) is 61.2 Å². The molecule has 0 heterocycles. The monoisotopic (exact) mass is 316 g/mol. The van der Waals surface area contributed by atoms with Gasteiger partial charge in [0.25, 0.3) is 5.91 Å². The molecule has 0 saturated carbocycles. The average molecular weight is 317 g/mol. The summed E-state index contributed by atoms with van der Waals surface area (Å²) in [6.45, 7) is 1.57. The average Bonchev–Trinajstić information content (AvgIpc) is 2.30. The van der Waals surface area contributed by atoms with Crippen LogP contribution in [0.15, 0.2) is 22.7 Å². The highest BCUT2D eigenvalue weighted by atomic mass is 79.9. The molecule has 0 unspecified atom stereocenters. The van der Waals surface area contributed by atoms with E-state index in [-0.39, 0.29) is 5.91 Å². The minimum Gasteiger partial charge on any atom is -0.342 e. The largest absolute Gasteiger partial charge is 0.342 e. The summed E-state index contributed by atoms with van der Waals surface area (Å²) in [7, 11) is 5.71. The second-order valence-corrected chi connectivity index (χ2v) is 5.36. The van der Waals surface area contributed by atoms with E-state index in [1.807, 2.05) is 14.1 Å². The molecule has 0 aliphatic rings. The molecule has 18 heavy (non-hydrogen) atoms. The zero-order valence-electron chi connectivity index (χ0n) is 10.9. The smallest absolute Gasteiger partial charge is 0.254 e. The predicted octanol–water partition coefficient (Wildman–Crippen LogP) is 2.61. The fraction of sp³-hybridized carbons (Fsp3) is 0.462. The third kappa shape index (κ3) is 4.38. The molecule has 1 aromatic rings. The van der Waals surface area contributed by atoms with Crippen LogP contribution in [0.3, 0.4) is 0 Å². The third-order valence-electron chi connectivity index (χ3n) is 2.60. The summed E-state index contributed by atoms with van der Waals surface area (Å²) in [6, 6.07) is 4.14. The molecule has 0 aliphatic carbocycles. The van der Waals surface area contributed by atoms with Crippen LogP contribution in [0, 0.1) is 5.82 Å². The first-order valence-corrected chi connectivity index (χ1v) is 6.56. The van der Waals surface area contributed by atoms with Crippen molar-refractivity contribution in [2.45, 2.75) is 6.42 Å². The van der Waals surface area contributed by atoms with Crippen LogP contribution >= 0.6 is 15.9 Å². The summed E-state index contributed by atoms with van der Waals surface area (Å²) in [5.41, 5.74) is 0.363. The molecule has 5 heteroatoms. The summed E-state index contributed by atoms with van der Waals surface area (Å²) in [6.07, 6.45) is 0.891. The molecular formula is C13H18BrFN2O. The highest BCUT2D eigenvalue weighted by Crippen LogP contribution is 2.19. The van der Waals surface area contributed by atoms with E-state index >= 15 is 0 Å². The zero-order valence-corrected chi connectivity index (χ0v) is 12.5. The summed E-state index contributed by atoms with van der Waals surface area (Å²) >= 11 is 3.27. The first-order valence-electron chi connectivity index (χ1n) is 5.77. The van der Waals surface area contributed by atoms with Gasteiger partial charge in [-0.3, -0.25) is 4.79 Å². The molecule has 0 radical (unpaired) electrons. The van der Waals surface area contributed by atoms with Crippen molar-refractivity contribution in [1.82, 2.24) is 9.80 Å². The minimum absolute atomic E-state index is 0.167. The molecule has 0 bridgehead atoms. The number of carbonyl (C=O) groups is 1. The maximum absolute atomic E-state index is 13.1. The van der Waals surface area contributed by atoms with Crippen LogP contribution in [-0.4, -0.2) is 49.9 Å². The Kier molecular flexibility index (Phi) is 5.75. The summed E-state index contributed by atoms with van der Waals surface area (Å²) in [4.78, 5) is 15.8. The van der Waals surface area contributed by atoms with Crippen molar-refractivity contribution in [1.29, 1.82) is 0 Å². The van der Waals surface area contributed by atoms with Crippen LogP contribution in [0.1, 0.15) is 16.8 Å². The summed E-state index contributed by atoms with van der Waals surface area (Å²) in [5.74, 6) is -0.566. The number of carbonyl (C=O) groups excluding carboxylic acids is 1. The molecule has 0 fully saturated rings. The standard InChI is InChI=1S/C13H18BrFN2O/c1-16(2)7-4-8-17(3)13(18)11-9-10(15)5-6-12(11)14/h5-6,9H,4,7-8H2,1-3H3. The summed E-state index contributed by atoms with van der Waals surface area (Å²) in [5, 5.41) is 0. The number of halogens is 2. The van der Waals surface area contributed by atoms with Gasteiger partial charge >= 0.3 is 0 Å². The SMILES string of the molecule is CN(C)CCCN(C)C(=O)c1cc(F)ccc1Br. The molecule has 100 valence electrons. The Balaban J connectivity index is 2.65. The second-order valence-electron chi connectivity index (χ2n) is 4.51. The second kappa shape index (κ2) is 6.85. The van der Waals surface area contributed by atoms with Gasteiger partial charge in [0.2, 0.25) is 0 Å². The van der Waals surface area contributed by atoms with Gasteiger partial charge in [-0.2, -0.15) is 0 Å². The Morgan fingerprint density at radius 1 is 1.28 bits per heavy atom. The third-order valence-corrected chi connectivity index (χ3v) is 3.30. The lowest BCUT2D eigenvalue weighted by molar-refractivity contribution is 0.0789. The number of nitrogens with zero attached hydrogens (tertiary/aromatic N) is 2. The number of hydrogen-bond donors (Lipinski definition) is 0. The van der Waals surface area contributed by atoms with Crippen molar-refractivity contribution in [3.05, 3.63) is 34.1 Å². The van der Waals surface area contributed by atoms with Crippen LogP contribution in [0.25, 0.3) is 0 Å². The van der Waals surface area contributed by atoms with Gasteiger partial charge in [0.05, 0.1) is 5.56 Å². The summed E-state index contributed by atoms with van der Waals surface area (Å²) < 4.78 is 13.7. The molecule has 0 atom stereocenters. The highest BCUT2D eigenvalue weighted by Gasteiger charge is 2.15. The molecule has 0 aliphatic heterocycles. The van der Waals surface area contributed by atoms with E-state index in [0.717, 1.165) is 13.0 Å². The van der Waals surface area contributed by atoms with Crippen molar-refractivity contribution in [3.8, 4) is 0 Å². The van der Waals surface area contributed by atoms with Crippen LogP contribution in [0.2, 0.25) is 0 Å². The van der Waals surface area contributed by atoms with Crippen molar-refractivity contribution in [3.63, 3.8) is 0 Å². The maximum Gasteiger partial charge on any atom is 0.254 e. The fourth-order valence-electron chi connectivity index (χ4n) is 1.59. The Hall–Kier alpha value is -0.940. The maximum atomic E-state index is 13.1. The van der Waals surface area contributed by atoms with Gasteiger partial charge in [0, 0.05) is 18.1 Å². The first-order chi connectivity index (χ1) is 8.41. The molecule has 1 rings (SSSR count). The Morgan fingerprint density at radius 3 is 2.56 bits per heavy atom. The highest BCUT2D eigenvalue weighted by molar-refractivity contribution is 9.10. The van der Waals surface area contributed by atoms with Gasteiger partial charge in [0.1, 0.15) is 5.82 Å². The Bertz CT molecular complexity index is 423. The fourth-order valence-corrected chi connectivity index (χ4v) is 2.01. The van der Waals surface area contributed by atoms with Crippen molar-refractivity contribution >= 4 is 21.8 Å². The molecule has 1 amide bonds. The van der Waals surface area contributed by atoms with Crippen LogP contribution < -0.4 is 0 Å². The molecule has 0 spiro atoms. The van der Waals surface area contributed by atoms with Gasteiger partial charge < -0.3 is 9.80 Å². The quantitative estimate of drug-likeness (QED) is 0.833. The van der Waals surface area contributed by atoms with E-state index < -0.39 is 5.82 Å². The number of amides is 1. The van der Waals surface area contributed by atoms with Crippen molar-refractivity contribution in [2.75, 3.05) is 34.2 Å². The van der Waals surface area contributed by atoms with E-state index in [4.69, 9.17) is 0 Å². The molecule has 0 aromatic heterocycles. The molecular weight excluding hydrogens is 299 g/mol. The van der Waals surface area contributed by atoms with E-state index in [0.29, 0.717) is 16.6 Å². The minimum atomic E-state index is -0.400. The normalized spacial score (nSPS) is 10.8. The lowest BCUT2D eigenvalue weighted by Gasteiger charge is -2.19. The molecule has 1 aromatic carbocycles. The van der Waals surface area contributed by atoms with Crippen LogP contribution in [0.4, 0.5) is 4.39 Å². The number of benzene rings is 1. The Morgan fingerprint density at radius 2 is 1.94 bits per heavy atom. The van der Waals surface area contributed by atoms with Gasteiger partial charge in [-0.25, -0.2) is 4.39 Å². The lowest BCUT2D eigenvalue weighted by atomic mass is 10.2. The van der Waals surface area contributed by atoms with Gasteiger partial charge in [-0.1, -0.05) is 0 Å². The van der Waals surface area contributed by atoms with Crippen molar-refractivity contribution < 1.29 is 9.18 Å². The van der Waals surface area contributed by atoms with Crippen LogP contribution in [-0.2, 0) is 0 Å². The lowest BCUT2D eigenvalue weighted by Crippen LogP contribution is -2.30. The van der Waals surface area contributed by atoms with Gasteiger partial charge in [0.15, 0.2) is 0 Å². The topological polar surface area (TPSA) is 23.6 Å².